The normalized spacial score (nSPS) is 17.9. The highest BCUT2D eigenvalue weighted by molar-refractivity contribution is 7.91. The van der Waals surface area contributed by atoms with Crippen LogP contribution in [0.4, 0.5) is 0 Å². The molecular formula is C22H28N2O4S. The first kappa shape index (κ1) is 21.3. The van der Waals surface area contributed by atoms with Gasteiger partial charge in [0.15, 0.2) is 9.84 Å². The molecule has 1 atom stereocenters. The molecule has 0 radical (unpaired) electrons. The van der Waals surface area contributed by atoms with Crippen molar-refractivity contribution in [3.8, 4) is 5.75 Å². The van der Waals surface area contributed by atoms with Gasteiger partial charge in [0.2, 0.25) is 5.91 Å². The SMILES string of the molecule is CN(CC(=O)NCCc1ccc(OCc2ccccc2)cc1)C1CCS(=O)(=O)C1. The summed E-state index contributed by atoms with van der Waals surface area (Å²) in [5, 5.41) is 2.91. The maximum Gasteiger partial charge on any atom is 0.234 e. The van der Waals surface area contributed by atoms with Crippen LogP contribution in [0, 0.1) is 0 Å². The molecule has 0 spiro atoms. The van der Waals surface area contributed by atoms with Crippen LogP contribution in [0.1, 0.15) is 17.5 Å². The molecule has 156 valence electrons. The van der Waals surface area contributed by atoms with E-state index in [0.29, 0.717) is 19.6 Å². The fraction of sp³-hybridized carbons (Fsp3) is 0.409. The van der Waals surface area contributed by atoms with Crippen LogP contribution in [-0.2, 0) is 27.7 Å². The Kier molecular flexibility index (Phi) is 7.28. The van der Waals surface area contributed by atoms with Crippen LogP contribution in [-0.4, -0.2) is 56.9 Å². The summed E-state index contributed by atoms with van der Waals surface area (Å²) < 4.78 is 28.9. The standard InChI is InChI=1S/C22H28N2O4S/c1-24(20-12-14-29(26,27)17-20)15-22(25)23-13-11-18-7-9-21(10-8-18)28-16-19-5-3-2-4-6-19/h2-10,20H,11-17H2,1H3,(H,23,25). The van der Waals surface area contributed by atoms with Crippen LogP contribution in [0.25, 0.3) is 0 Å². The van der Waals surface area contributed by atoms with E-state index in [-0.39, 0.29) is 30.0 Å². The molecule has 0 saturated carbocycles. The van der Waals surface area contributed by atoms with E-state index in [4.69, 9.17) is 4.74 Å². The molecule has 1 unspecified atom stereocenters. The number of hydrogen-bond donors (Lipinski definition) is 1. The average Bonchev–Trinajstić information content (AvgIpc) is 3.08. The molecule has 1 fully saturated rings. The third-order valence-electron chi connectivity index (χ3n) is 5.13. The zero-order valence-corrected chi connectivity index (χ0v) is 17.5. The van der Waals surface area contributed by atoms with Gasteiger partial charge in [-0.05, 0) is 43.1 Å². The van der Waals surface area contributed by atoms with Crippen LogP contribution in [0.3, 0.4) is 0 Å². The maximum absolute atomic E-state index is 12.1. The van der Waals surface area contributed by atoms with Gasteiger partial charge in [0.1, 0.15) is 12.4 Å². The van der Waals surface area contributed by atoms with Crippen LogP contribution in [0.15, 0.2) is 54.6 Å². The van der Waals surface area contributed by atoms with Crippen molar-refractivity contribution in [1.82, 2.24) is 10.2 Å². The smallest absolute Gasteiger partial charge is 0.234 e. The quantitative estimate of drug-likeness (QED) is 0.677. The minimum absolute atomic E-state index is 0.0609. The van der Waals surface area contributed by atoms with Crippen molar-refractivity contribution < 1.29 is 17.9 Å². The monoisotopic (exact) mass is 416 g/mol. The lowest BCUT2D eigenvalue weighted by Crippen LogP contribution is -2.41. The first-order valence-electron chi connectivity index (χ1n) is 9.84. The van der Waals surface area contributed by atoms with Gasteiger partial charge in [-0.2, -0.15) is 0 Å². The predicted molar refractivity (Wildman–Crippen MR) is 114 cm³/mol. The molecule has 0 aromatic heterocycles. The van der Waals surface area contributed by atoms with Crippen molar-refractivity contribution in [2.24, 2.45) is 0 Å². The van der Waals surface area contributed by atoms with Crippen molar-refractivity contribution in [2.75, 3.05) is 31.6 Å². The van der Waals surface area contributed by atoms with Crippen LogP contribution in [0.5, 0.6) is 5.75 Å². The Morgan fingerprint density at radius 2 is 1.83 bits per heavy atom. The molecule has 0 bridgehead atoms. The third kappa shape index (κ3) is 6.87. The van der Waals surface area contributed by atoms with Gasteiger partial charge in [-0.3, -0.25) is 9.69 Å². The van der Waals surface area contributed by atoms with E-state index in [0.717, 1.165) is 23.3 Å². The molecule has 7 heteroatoms. The number of ether oxygens (including phenoxy) is 1. The van der Waals surface area contributed by atoms with Crippen molar-refractivity contribution in [2.45, 2.75) is 25.5 Å². The Balaban J connectivity index is 1.36. The number of hydrogen-bond acceptors (Lipinski definition) is 5. The highest BCUT2D eigenvalue weighted by atomic mass is 32.2. The molecule has 1 aliphatic rings. The van der Waals surface area contributed by atoms with Gasteiger partial charge in [0.05, 0.1) is 18.1 Å². The second-order valence-corrected chi connectivity index (χ2v) is 9.72. The topological polar surface area (TPSA) is 75.7 Å². The van der Waals surface area contributed by atoms with Gasteiger partial charge < -0.3 is 10.1 Å². The fourth-order valence-corrected chi connectivity index (χ4v) is 5.18. The van der Waals surface area contributed by atoms with E-state index in [1.54, 1.807) is 7.05 Å². The molecule has 1 saturated heterocycles. The largest absolute Gasteiger partial charge is 0.489 e. The maximum atomic E-state index is 12.1. The molecule has 0 aliphatic carbocycles. The van der Waals surface area contributed by atoms with Crippen molar-refractivity contribution in [3.05, 3.63) is 65.7 Å². The van der Waals surface area contributed by atoms with Crippen molar-refractivity contribution in [1.29, 1.82) is 0 Å². The Bertz CT molecular complexity index is 898. The summed E-state index contributed by atoms with van der Waals surface area (Å²) in [6.07, 6.45) is 1.33. The molecule has 29 heavy (non-hydrogen) atoms. The van der Waals surface area contributed by atoms with Crippen LogP contribution in [0.2, 0.25) is 0 Å². The van der Waals surface area contributed by atoms with Gasteiger partial charge in [-0.25, -0.2) is 8.42 Å². The van der Waals surface area contributed by atoms with Gasteiger partial charge in [0, 0.05) is 12.6 Å². The van der Waals surface area contributed by atoms with E-state index < -0.39 is 9.84 Å². The van der Waals surface area contributed by atoms with E-state index in [1.807, 2.05) is 59.5 Å². The van der Waals surface area contributed by atoms with Crippen molar-refractivity contribution >= 4 is 15.7 Å². The average molecular weight is 417 g/mol. The van der Waals surface area contributed by atoms with Gasteiger partial charge in [0.25, 0.3) is 0 Å². The molecule has 2 aromatic carbocycles. The van der Waals surface area contributed by atoms with Crippen LogP contribution >= 0.6 is 0 Å². The minimum Gasteiger partial charge on any atom is -0.489 e. The zero-order valence-electron chi connectivity index (χ0n) is 16.7. The molecular weight excluding hydrogens is 388 g/mol. The Hall–Kier alpha value is -2.38. The first-order valence-corrected chi connectivity index (χ1v) is 11.7. The lowest BCUT2D eigenvalue weighted by Gasteiger charge is -2.22. The van der Waals surface area contributed by atoms with Gasteiger partial charge in [-0.15, -0.1) is 0 Å². The van der Waals surface area contributed by atoms with E-state index in [2.05, 4.69) is 5.32 Å². The second kappa shape index (κ2) is 9.89. The lowest BCUT2D eigenvalue weighted by molar-refractivity contribution is -0.122. The second-order valence-electron chi connectivity index (χ2n) is 7.49. The summed E-state index contributed by atoms with van der Waals surface area (Å²) in [6, 6.07) is 17.8. The summed E-state index contributed by atoms with van der Waals surface area (Å²) in [4.78, 5) is 13.9. The summed E-state index contributed by atoms with van der Waals surface area (Å²) in [7, 11) is -1.13. The molecule has 3 rings (SSSR count). The molecule has 1 N–H and O–H groups in total. The Morgan fingerprint density at radius 3 is 2.48 bits per heavy atom. The Labute approximate surface area is 172 Å². The molecule has 1 heterocycles. The van der Waals surface area contributed by atoms with Crippen molar-refractivity contribution in [3.63, 3.8) is 0 Å². The van der Waals surface area contributed by atoms with E-state index in [9.17, 15) is 13.2 Å². The number of nitrogens with one attached hydrogen (secondary N) is 1. The summed E-state index contributed by atoms with van der Waals surface area (Å²) in [6.45, 7) is 1.29. The highest BCUT2D eigenvalue weighted by Gasteiger charge is 2.31. The zero-order chi connectivity index (χ0) is 20.7. The molecule has 6 nitrogen and oxygen atoms in total. The number of sulfone groups is 1. The first-order chi connectivity index (χ1) is 13.9. The third-order valence-corrected chi connectivity index (χ3v) is 6.88. The predicted octanol–water partition coefficient (Wildman–Crippen LogP) is 2.04. The number of amides is 1. The molecule has 1 aliphatic heterocycles. The summed E-state index contributed by atoms with van der Waals surface area (Å²) in [5.74, 6) is 1.10. The number of benzene rings is 2. The van der Waals surface area contributed by atoms with Gasteiger partial charge in [-0.1, -0.05) is 42.5 Å². The van der Waals surface area contributed by atoms with E-state index >= 15 is 0 Å². The molecule has 2 aromatic rings. The lowest BCUT2D eigenvalue weighted by atomic mass is 10.1. The van der Waals surface area contributed by atoms with Crippen LogP contribution < -0.4 is 10.1 Å². The fourth-order valence-electron chi connectivity index (χ4n) is 3.37. The molecule has 1 amide bonds. The van der Waals surface area contributed by atoms with Gasteiger partial charge >= 0.3 is 0 Å². The number of rotatable bonds is 9. The number of likely N-dealkylation sites (N-methyl/N-ethyl adjacent to an activating group) is 1. The minimum atomic E-state index is -2.94. The summed E-state index contributed by atoms with van der Waals surface area (Å²) >= 11 is 0. The number of carbonyl (C=O) groups is 1. The number of carbonyl (C=O) groups excluding carboxylic acids is 1. The Morgan fingerprint density at radius 1 is 1.10 bits per heavy atom. The van der Waals surface area contributed by atoms with E-state index in [1.165, 1.54) is 0 Å². The number of nitrogens with zero attached hydrogens (tertiary/aromatic N) is 1. The highest BCUT2D eigenvalue weighted by Crippen LogP contribution is 2.16. The summed E-state index contributed by atoms with van der Waals surface area (Å²) in [5.41, 5.74) is 2.24.